The number of halogens is 1. The smallest absolute Gasteiger partial charge is 0.272 e. The Bertz CT molecular complexity index is 736. The van der Waals surface area contributed by atoms with Crippen molar-refractivity contribution >= 4 is 38.0 Å². The van der Waals surface area contributed by atoms with Gasteiger partial charge in [-0.05, 0) is 34.2 Å². The Kier molecular flexibility index (Phi) is 2.84. The fourth-order valence-corrected chi connectivity index (χ4v) is 3.52. The average Bonchev–Trinajstić information content (AvgIpc) is 2.68. The summed E-state index contributed by atoms with van der Waals surface area (Å²) in [6.45, 7) is 0. The summed E-state index contributed by atoms with van der Waals surface area (Å²) in [6, 6.07) is 12.4. The van der Waals surface area contributed by atoms with Gasteiger partial charge in [0.05, 0.1) is 5.56 Å². The van der Waals surface area contributed by atoms with Gasteiger partial charge in [-0.3, -0.25) is 0 Å². The number of aromatic nitrogens is 1. The third-order valence-electron chi connectivity index (χ3n) is 2.92. The van der Waals surface area contributed by atoms with Crippen molar-refractivity contribution in [2.45, 2.75) is 0 Å². The molecule has 0 radical (unpaired) electrons. The lowest BCUT2D eigenvalue weighted by atomic mass is 10.1. The molecule has 2 aromatic carbocycles. The number of aromatic hydroxyl groups is 1. The third kappa shape index (κ3) is 1.82. The van der Waals surface area contributed by atoms with E-state index in [4.69, 9.17) is 0 Å². The van der Waals surface area contributed by atoms with Crippen LogP contribution in [-0.2, 0) is 7.05 Å². The number of fused-ring (bicyclic) bond motifs is 1. The zero-order valence-corrected chi connectivity index (χ0v) is 12.1. The first kappa shape index (κ1) is 11.7. The van der Waals surface area contributed by atoms with Gasteiger partial charge in [-0.2, -0.15) is 4.57 Å². The molecule has 0 amide bonds. The first-order valence-electron chi connectivity index (χ1n) is 5.53. The minimum atomic E-state index is 0.333. The van der Waals surface area contributed by atoms with Gasteiger partial charge in [-0.1, -0.05) is 40.2 Å². The highest BCUT2D eigenvalue weighted by atomic mass is 79.9. The van der Waals surface area contributed by atoms with Gasteiger partial charge in [0, 0.05) is 4.47 Å². The Morgan fingerprint density at radius 3 is 2.56 bits per heavy atom. The molecule has 0 aliphatic heterocycles. The number of aryl methyl sites for hydroxylation is 1. The largest absolute Gasteiger partial charge is 0.495 e. The Labute approximate surface area is 117 Å². The van der Waals surface area contributed by atoms with Gasteiger partial charge in [0.1, 0.15) is 7.05 Å². The van der Waals surface area contributed by atoms with Crippen LogP contribution in [-0.4, -0.2) is 5.11 Å². The molecule has 4 heteroatoms. The molecule has 2 nitrogen and oxygen atoms in total. The van der Waals surface area contributed by atoms with Crippen molar-refractivity contribution < 1.29 is 9.67 Å². The molecule has 90 valence electrons. The monoisotopic (exact) mass is 320 g/mol. The van der Waals surface area contributed by atoms with Gasteiger partial charge < -0.3 is 5.11 Å². The molecule has 0 atom stereocenters. The van der Waals surface area contributed by atoms with Gasteiger partial charge in [0.25, 0.3) is 5.01 Å². The molecule has 0 bridgehead atoms. The molecule has 3 rings (SSSR count). The average molecular weight is 321 g/mol. The molecular weight excluding hydrogens is 310 g/mol. The maximum atomic E-state index is 9.61. The zero-order chi connectivity index (χ0) is 12.7. The normalized spacial score (nSPS) is 11.0. The van der Waals surface area contributed by atoms with Crippen LogP contribution in [0.2, 0.25) is 0 Å². The minimum Gasteiger partial charge on any atom is -0.495 e. The number of hydrogen-bond acceptors (Lipinski definition) is 2. The fourth-order valence-electron chi connectivity index (χ4n) is 2.12. The van der Waals surface area contributed by atoms with Crippen molar-refractivity contribution in [1.82, 2.24) is 0 Å². The van der Waals surface area contributed by atoms with E-state index in [2.05, 4.69) is 34.1 Å². The quantitative estimate of drug-likeness (QED) is 0.676. The summed E-state index contributed by atoms with van der Waals surface area (Å²) in [4.78, 5) is 0. The molecule has 1 heterocycles. The summed E-state index contributed by atoms with van der Waals surface area (Å²) >= 11 is 4.97. The topological polar surface area (TPSA) is 24.1 Å². The highest BCUT2D eigenvalue weighted by Crippen LogP contribution is 2.34. The minimum absolute atomic E-state index is 0.333. The standard InChI is InChI=1S/C14H10BrNOS/c1-16-8-13(17)18-14(16)11-6-2-5-10-9(11)4-3-7-12(10)15/h2-8H,1H3/p+1. The third-order valence-corrected chi connectivity index (χ3v) is 4.63. The predicted octanol–water partition coefficient (Wildman–Crippen LogP) is 3.86. The van der Waals surface area contributed by atoms with Gasteiger partial charge in [-0.25, -0.2) is 0 Å². The van der Waals surface area contributed by atoms with Crippen LogP contribution in [0.25, 0.3) is 21.3 Å². The van der Waals surface area contributed by atoms with Crippen molar-refractivity contribution in [1.29, 1.82) is 0 Å². The van der Waals surface area contributed by atoms with Crippen LogP contribution < -0.4 is 4.57 Å². The number of hydrogen-bond donors (Lipinski definition) is 1. The van der Waals surface area contributed by atoms with Crippen molar-refractivity contribution in [3.05, 3.63) is 47.1 Å². The van der Waals surface area contributed by atoms with Crippen LogP contribution in [0.1, 0.15) is 0 Å². The summed E-state index contributed by atoms with van der Waals surface area (Å²) < 4.78 is 3.04. The lowest BCUT2D eigenvalue weighted by Crippen LogP contribution is -2.26. The Morgan fingerprint density at radius 1 is 1.11 bits per heavy atom. The molecule has 18 heavy (non-hydrogen) atoms. The van der Waals surface area contributed by atoms with Crippen LogP contribution in [0.3, 0.4) is 0 Å². The molecule has 0 unspecified atom stereocenters. The van der Waals surface area contributed by atoms with Crippen LogP contribution in [0, 0.1) is 0 Å². The number of benzene rings is 2. The molecule has 0 fully saturated rings. The van der Waals surface area contributed by atoms with E-state index < -0.39 is 0 Å². The highest BCUT2D eigenvalue weighted by Gasteiger charge is 2.18. The van der Waals surface area contributed by atoms with E-state index in [1.165, 1.54) is 22.1 Å². The van der Waals surface area contributed by atoms with Crippen molar-refractivity contribution in [3.8, 4) is 15.6 Å². The van der Waals surface area contributed by atoms with E-state index in [1.54, 1.807) is 6.20 Å². The van der Waals surface area contributed by atoms with E-state index in [0.29, 0.717) is 5.06 Å². The van der Waals surface area contributed by atoms with Crippen LogP contribution in [0.15, 0.2) is 47.1 Å². The second-order valence-corrected chi connectivity index (χ2v) is 5.99. The highest BCUT2D eigenvalue weighted by molar-refractivity contribution is 9.10. The lowest BCUT2D eigenvalue weighted by Gasteiger charge is -2.03. The Morgan fingerprint density at radius 2 is 1.83 bits per heavy atom. The maximum absolute atomic E-state index is 9.61. The van der Waals surface area contributed by atoms with E-state index in [-0.39, 0.29) is 0 Å². The maximum Gasteiger partial charge on any atom is 0.272 e. The van der Waals surface area contributed by atoms with E-state index in [9.17, 15) is 5.11 Å². The van der Waals surface area contributed by atoms with Crippen LogP contribution in [0.4, 0.5) is 0 Å². The van der Waals surface area contributed by atoms with Crippen molar-refractivity contribution in [2.75, 3.05) is 0 Å². The summed E-state index contributed by atoms with van der Waals surface area (Å²) in [5.41, 5.74) is 1.14. The van der Waals surface area contributed by atoms with E-state index >= 15 is 0 Å². The molecule has 0 spiro atoms. The second-order valence-electron chi connectivity index (χ2n) is 4.13. The van der Waals surface area contributed by atoms with Gasteiger partial charge in [0.2, 0.25) is 11.3 Å². The Balaban J connectivity index is 2.36. The lowest BCUT2D eigenvalue weighted by molar-refractivity contribution is -0.656. The first-order valence-corrected chi connectivity index (χ1v) is 7.14. The molecular formula is C14H11BrNOS+. The SMILES string of the molecule is C[n+]1cc(O)sc1-c1cccc2c(Br)cccc12. The van der Waals surface area contributed by atoms with Crippen LogP contribution in [0.5, 0.6) is 5.06 Å². The van der Waals surface area contributed by atoms with Gasteiger partial charge in [-0.15, -0.1) is 0 Å². The molecule has 3 aromatic rings. The summed E-state index contributed by atoms with van der Waals surface area (Å²) in [5, 5.41) is 13.4. The molecule has 1 N–H and O–H groups in total. The molecule has 0 aliphatic rings. The van der Waals surface area contributed by atoms with Crippen molar-refractivity contribution in [2.24, 2.45) is 7.05 Å². The predicted molar refractivity (Wildman–Crippen MR) is 77.8 cm³/mol. The number of nitrogens with zero attached hydrogens (tertiary/aromatic N) is 1. The van der Waals surface area contributed by atoms with E-state index in [0.717, 1.165) is 15.0 Å². The summed E-state index contributed by atoms with van der Waals surface area (Å²) in [6.07, 6.45) is 1.73. The first-order chi connectivity index (χ1) is 8.66. The zero-order valence-electron chi connectivity index (χ0n) is 9.72. The molecule has 0 saturated carbocycles. The van der Waals surface area contributed by atoms with Gasteiger partial charge in [0.15, 0.2) is 0 Å². The second kappa shape index (κ2) is 4.37. The van der Waals surface area contributed by atoms with Crippen LogP contribution >= 0.6 is 27.3 Å². The summed E-state index contributed by atoms with van der Waals surface area (Å²) in [7, 11) is 1.95. The number of thiazole rings is 1. The molecule has 0 saturated heterocycles. The fraction of sp³-hybridized carbons (Fsp3) is 0.0714. The molecule has 0 aliphatic carbocycles. The van der Waals surface area contributed by atoms with E-state index in [1.807, 2.05) is 29.8 Å². The van der Waals surface area contributed by atoms with Crippen molar-refractivity contribution in [3.63, 3.8) is 0 Å². The Hall–Kier alpha value is -1.39. The van der Waals surface area contributed by atoms with Gasteiger partial charge >= 0.3 is 0 Å². The summed E-state index contributed by atoms with van der Waals surface area (Å²) in [5.74, 6) is 0. The number of rotatable bonds is 1. The molecule has 1 aromatic heterocycles.